The largest absolute Gasteiger partial charge is 0.399 e. The minimum Gasteiger partial charge on any atom is -0.399 e. The predicted molar refractivity (Wildman–Crippen MR) is 74.3 cm³/mol. The van der Waals surface area contributed by atoms with E-state index < -0.39 is 0 Å². The standard InChI is InChI=1S/C13H12N2.BrH/c14-13-5-1-3-11(9-13)6-7-12-4-2-8-15-10-12;/h1-10H,14H2;1H/b7-6+;. The van der Waals surface area contributed by atoms with Crippen LogP contribution in [0.5, 0.6) is 0 Å². The van der Waals surface area contributed by atoms with Crippen molar-refractivity contribution >= 4 is 34.8 Å². The molecule has 1 aromatic heterocycles. The topological polar surface area (TPSA) is 38.9 Å². The Hall–Kier alpha value is -1.61. The highest BCUT2D eigenvalue weighted by Gasteiger charge is 1.88. The van der Waals surface area contributed by atoms with Crippen LogP contribution in [0.1, 0.15) is 11.1 Å². The predicted octanol–water partition coefficient (Wildman–Crippen LogP) is 3.41. The van der Waals surface area contributed by atoms with Gasteiger partial charge in [-0.15, -0.1) is 17.0 Å². The maximum Gasteiger partial charge on any atom is 0.0340 e. The third kappa shape index (κ3) is 3.51. The molecule has 0 fully saturated rings. The summed E-state index contributed by atoms with van der Waals surface area (Å²) in [7, 11) is 0. The van der Waals surface area contributed by atoms with Gasteiger partial charge < -0.3 is 5.73 Å². The van der Waals surface area contributed by atoms with E-state index in [4.69, 9.17) is 5.73 Å². The molecule has 2 nitrogen and oxygen atoms in total. The lowest BCUT2D eigenvalue weighted by molar-refractivity contribution is 1.32. The van der Waals surface area contributed by atoms with Crippen LogP contribution < -0.4 is 5.73 Å². The van der Waals surface area contributed by atoms with Gasteiger partial charge in [0.25, 0.3) is 0 Å². The Balaban J connectivity index is 0.00000128. The molecule has 2 aromatic rings. The van der Waals surface area contributed by atoms with Crippen molar-refractivity contribution in [2.45, 2.75) is 0 Å². The van der Waals surface area contributed by atoms with E-state index in [0.717, 1.165) is 16.8 Å². The molecule has 2 rings (SSSR count). The maximum atomic E-state index is 5.68. The average Bonchev–Trinajstić information content (AvgIpc) is 2.28. The number of anilines is 1. The van der Waals surface area contributed by atoms with E-state index in [-0.39, 0.29) is 17.0 Å². The van der Waals surface area contributed by atoms with Crippen LogP contribution in [-0.4, -0.2) is 4.98 Å². The molecule has 0 spiro atoms. The van der Waals surface area contributed by atoms with Gasteiger partial charge in [0.1, 0.15) is 0 Å². The van der Waals surface area contributed by atoms with Crippen molar-refractivity contribution in [1.29, 1.82) is 0 Å². The summed E-state index contributed by atoms with van der Waals surface area (Å²) < 4.78 is 0. The molecule has 2 N–H and O–H groups in total. The van der Waals surface area contributed by atoms with Crippen LogP contribution in [0.15, 0.2) is 48.8 Å². The van der Waals surface area contributed by atoms with Gasteiger partial charge in [0.15, 0.2) is 0 Å². The Labute approximate surface area is 106 Å². The van der Waals surface area contributed by atoms with Gasteiger partial charge in [-0.1, -0.05) is 30.4 Å². The summed E-state index contributed by atoms with van der Waals surface area (Å²) in [5, 5.41) is 0. The van der Waals surface area contributed by atoms with Gasteiger partial charge >= 0.3 is 0 Å². The third-order valence-corrected chi connectivity index (χ3v) is 2.06. The molecule has 0 unspecified atom stereocenters. The molecule has 0 aliphatic carbocycles. The van der Waals surface area contributed by atoms with E-state index in [1.165, 1.54) is 0 Å². The van der Waals surface area contributed by atoms with E-state index in [9.17, 15) is 0 Å². The summed E-state index contributed by atoms with van der Waals surface area (Å²) >= 11 is 0. The number of benzene rings is 1. The minimum absolute atomic E-state index is 0. The van der Waals surface area contributed by atoms with E-state index >= 15 is 0 Å². The van der Waals surface area contributed by atoms with Crippen molar-refractivity contribution in [3.63, 3.8) is 0 Å². The smallest absolute Gasteiger partial charge is 0.0340 e. The van der Waals surface area contributed by atoms with Crippen molar-refractivity contribution in [1.82, 2.24) is 4.98 Å². The molecule has 0 saturated carbocycles. The first kappa shape index (κ1) is 12.5. The average molecular weight is 277 g/mol. The molecule has 16 heavy (non-hydrogen) atoms. The van der Waals surface area contributed by atoms with Gasteiger partial charge in [-0.3, -0.25) is 4.98 Å². The quantitative estimate of drug-likeness (QED) is 0.854. The second kappa shape index (κ2) is 6.08. The molecule has 0 bridgehead atoms. The lowest BCUT2D eigenvalue weighted by Gasteiger charge is -1.95. The molecule has 0 amide bonds. The number of nitrogens with zero attached hydrogens (tertiary/aromatic N) is 1. The van der Waals surface area contributed by atoms with E-state index in [2.05, 4.69) is 4.98 Å². The molecule has 0 aliphatic rings. The van der Waals surface area contributed by atoms with Crippen LogP contribution >= 0.6 is 17.0 Å². The first-order chi connectivity index (χ1) is 7.34. The SMILES string of the molecule is Br.Nc1cccc(/C=C/c2cccnc2)c1. The third-order valence-electron chi connectivity index (χ3n) is 2.06. The highest BCUT2D eigenvalue weighted by atomic mass is 79.9. The second-order valence-electron chi connectivity index (χ2n) is 3.29. The molecule has 0 radical (unpaired) electrons. The summed E-state index contributed by atoms with van der Waals surface area (Å²) in [5.41, 5.74) is 8.64. The zero-order chi connectivity index (χ0) is 10.5. The monoisotopic (exact) mass is 276 g/mol. The van der Waals surface area contributed by atoms with Gasteiger partial charge in [0, 0.05) is 18.1 Å². The van der Waals surface area contributed by atoms with E-state index in [1.807, 2.05) is 54.7 Å². The highest BCUT2D eigenvalue weighted by Crippen LogP contribution is 2.10. The first-order valence-corrected chi connectivity index (χ1v) is 4.78. The van der Waals surface area contributed by atoms with Crippen LogP contribution in [-0.2, 0) is 0 Å². The number of aromatic nitrogens is 1. The number of hydrogen-bond acceptors (Lipinski definition) is 2. The lowest BCUT2D eigenvalue weighted by atomic mass is 10.1. The number of hydrogen-bond donors (Lipinski definition) is 1. The van der Waals surface area contributed by atoms with Crippen LogP contribution in [0.2, 0.25) is 0 Å². The molecule has 1 heterocycles. The van der Waals surface area contributed by atoms with Crippen LogP contribution in [0.25, 0.3) is 12.2 Å². The molecule has 0 saturated heterocycles. The number of nitrogen functional groups attached to an aromatic ring is 1. The highest BCUT2D eigenvalue weighted by molar-refractivity contribution is 8.93. The van der Waals surface area contributed by atoms with Crippen LogP contribution in [0, 0.1) is 0 Å². The van der Waals surface area contributed by atoms with E-state index in [0.29, 0.717) is 0 Å². The zero-order valence-corrected chi connectivity index (χ0v) is 10.4. The molecule has 82 valence electrons. The summed E-state index contributed by atoms with van der Waals surface area (Å²) in [6, 6.07) is 11.7. The molecule has 0 atom stereocenters. The summed E-state index contributed by atoms with van der Waals surface area (Å²) in [4.78, 5) is 4.04. The van der Waals surface area contributed by atoms with Crippen molar-refractivity contribution in [2.24, 2.45) is 0 Å². The minimum atomic E-state index is 0. The van der Waals surface area contributed by atoms with Gasteiger partial charge in [0.05, 0.1) is 0 Å². The van der Waals surface area contributed by atoms with E-state index in [1.54, 1.807) is 6.20 Å². The Morgan fingerprint density at radius 2 is 1.75 bits per heavy atom. The summed E-state index contributed by atoms with van der Waals surface area (Å²) in [6.07, 6.45) is 7.62. The Bertz CT molecular complexity index is 466. The Morgan fingerprint density at radius 3 is 2.44 bits per heavy atom. The number of rotatable bonds is 2. The van der Waals surface area contributed by atoms with Gasteiger partial charge in [-0.2, -0.15) is 0 Å². The van der Waals surface area contributed by atoms with Crippen molar-refractivity contribution in [3.05, 3.63) is 59.9 Å². The Morgan fingerprint density at radius 1 is 1.00 bits per heavy atom. The number of pyridine rings is 1. The normalized spacial score (nSPS) is 10.0. The van der Waals surface area contributed by atoms with Crippen molar-refractivity contribution in [3.8, 4) is 0 Å². The Kier molecular flexibility index (Phi) is 4.73. The lowest BCUT2D eigenvalue weighted by Crippen LogP contribution is -1.83. The molecule has 0 aliphatic heterocycles. The molecular formula is C13H13BrN2. The molecule has 1 aromatic carbocycles. The fourth-order valence-electron chi connectivity index (χ4n) is 1.33. The van der Waals surface area contributed by atoms with Gasteiger partial charge in [-0.05, 0) is 29.3 Å². The molecular weight excluding hydrogens is 264 g/mol. The zero-order valence-electron chi connectivity index (χ0n) is 8.71. The van der Waals surface area contributed by atoms with Crippen LogP contribution in [0.3, 0.4) is 0 Å². The molecule has 3 heteroatoms. The van der Waals surface area contributed by atoms with Crippen LogP contribution in [0.4, 0.5) is 5.69 Å². The first-order valence-electron chi connectivity index (χ1n) is 4.78. The summed E-state index contributed by atoms with van der Waals surface area (Å²) in [6.45, 7) is 0. The van der Waals surface area contributed by atoms with Gasteiger partial charge in [-0.25, -0.2) is 0 Å². The van der Waals surface area contributed by atoms with Gasteiger partial charge in [0.2, 0.25) is 0 Å². The summed E-state index contributed by atoms with van der Waals surface area (Å²) in [5.74, 6) is 0. The second-order valence-corrected chi connectivity index (χ2v) is 3.29. The number of halogens is 1. The maximum absolute atomic E-state index is 5.68. The number of nitrogens with two attached hydrogens (primary N) is 1. The fraction of sp³-hybridized carbons (Fsp3) is 0. The fourth-order valence-corrected chi connectivity index (χ4v) is 1.33. The van der Waals surface area contributed by atoms with Crippen molar-refractivity contribution in [2.75, 3.05) is 5.73 Å². The van der Waals surface area contributed by atoms with Crippen molar-refractivity contribution < 1.29 is 0 Å².